The zero-order valence-electron chi connectivity index (χ0n) is 11.3. The van der Waals surface area contributed by atoms with Gasteiger partial charge in [-0.1, -0.05) is 37.5 Å². The molecule has 1 fully saturated rings. The number of rotatable bonds is 3. The zero-order chi connectivity index (χ0) is 13.5. The molecule has 1 saturated carbocycles. The second kappa shape index (κ2) is 4.70. The van der Waals surface area contributed by atoms with E-state index >= 15 is 0 Å². The lowest BCUT2D eigenvalue weighted by molar-refractivity contribution is 0.283. The molecule has 1 aromatic carbocycles. The van der Waals surface area contributed by atoms with E-state index in [0.29, 0.717) is 0 Å². The highest BCUT2D eigenvalue weighted by molar-refractivity contribution is 7.71. The van der Waals surface area contributed by atoms with Crippen molar-refractivity contribution < 1.29 is 0 Å². The molecule has 0 amide bonds. The van der Waals surface area contributed by atoms with Gasteiger partial charge < -0.3 is 9.55 Å². The number of aromatic nitrogens is 3. The number of aryl methyl sites for hydroxylation is 1. The van der Waals surface area contributed by atoms with Crippen LogP contribution in [0.4, 0.5) is 0 Å². The van der Waals surface area contributed by atoms with Crippen LogP contribution < -0.4 is 0 Å². The number of pyridine rings is 1. The van der Waals surface area contributed by atoms with Crippen molar-refractivity contribution in [3.05, 3.63) is 35.2 Å². The van der Waals surface area contributed by atoms with Gasteiger partial charge >= 0.3 is 0 Å². The number of nitrogens with zero attached hydrogens (tertiary/aromatic N) is 2. The second-order valence-electron chi connectivity index (χ2n) is 5.71. The Kier molecular flexibility index (Phi) is 2.84. The predicted molar refractivity (Wildman–Crippen MR) is 84.4 cm³/mol. The number of aromatic amines is 1. The number of benzene rings is 1. The van der Waals surface area contributed by atoms with Crippen molar-refractivity contribution in [2.45, 2.75) is 32.2 Å². The smallest absolute Gasteiger partial charge is 0.178 e. The van der Waals surface area contributed by atoms with E-state index in [1.54, 1.807) is 0 Å². The average Bonchev–Trinajstić information content (AvgIpc) is 2.74. The summed E-state index contributed by atoms with van der Waals surface area (Å²) in [4.78, 5) is 7.79. The van der Waals surface area contributed by atoms with E-state index in [4.69, 9.17) is 12.2 Å². The Labute approximate surface area is 122 Å². The molecule has 1 N–H and O–H groups in total. The molecular weight excluding hydrogens is 266 g/mol. The summed E-state index contributed by atoms with van der Waals surface area (Å²) >= 11 is 5.50. The van der Waals surface area contributed by atoms with Gasteiger partial charge in [-0.3, -0.25) is 4.98 Å². The average molecular weight is 283 g/mol. The topological polar surface area (TPSA) is 33.6 Å². The Hall–Kier alpha value is -1.68. The van der Waals surface area contributed by atoms with Gasteiger partial charge in [0.15, 0.2) is 4.77 Å². The summed E-state index contributed by atoms with van der Waals surface area (Å²) in [5.41, 5.74) is 3.29. The number of nitrogens with one attached hydrogen (secondary N) is 1. The van der Waals surface area contributed by atoms with Crippen LogP contribution in [0.5, 0.6) is 0 Å². The molecule has 1 aliphatic rings. The van der Waals surface area contributed by atoms with Crippen LogP contribution in [-0.2, 0) is 6.54 Å². The molecule has 4 heteroatoms. The van der Waals surface area contributed by atoms with Crippen LogP contribution in [0.25, 0.3) is 21.9 Å². The summed E-state index contributed by atoms with van der Waals surface area (Å²) in [6.45, 7) is 1.01. The molecule has 0 bridgehead atoms. The highest BCUT2D eigenvalue weighted by Crippen LogP contribution is 2.31. The van der Waals surface area contributed by atoms with Crippen molar-refractivity contribution in [2.75, 3.05) is 0 Å². The molecule has 3 aromatic rings. The fraction of sp³-hybridized carbons (Fsp3) is 0.375. The molecule has 0 spiro atoms. The van der Waals surface area contributed by atoms with Gasteiger partial charge in [-0.15, -0.1) is 0 Å². The van der Waals surface area contributed by atoms with E-state index in [-0.39, 0.29) is 0 Å². The first-order valence-corrected chi connectivity index (χ1v) is 7.70. The maximum absolute atomic E-state index is 5.50. The lowest BCUT2D eigenvalue weighted by atomic mass is 9.83. The molecule has 0 atom stereocenters. The summed E-state index contributed by atoms with van der Waals surface area (Å²) in [5.74, 6) is 0.898. The number of fused-ring (bicyclic) bond motifs is 3. The number of para-hydroxylation sites is 1. The molecule has 2 heterocycles. The maximum Gasteiger partial charge on any atom is 0.178 e. The van der Waals surface area contributed by atoms with Crippen LogP contribution in [0.3, 0.4) is 0 Å². The van der Waals surface area contributed by atoms with Crippen molar-refractivity contribution in [2.24, 2.45) is 5.92 Å². The lowest BCUT2D eigenvalue weighted by Gasteiger charge is -2.25. The van der Waals surface area contributed by atoms with Crippen molar-refractivity contribution in [1.29, 1.82) is 0 Å². The second-order valence-corrected chi connectivity index (χ2v) is 6.09. The zero-order valence-corrected chi connectivity index (χ0v) is 12.1. The Balaban J connectivity index is 1.86. The molecule has 0 radical (unpaired) electrons. The van der Waals surface area contributed by atoms with Crippen LogP contribution in [0.15, 0.2) is 30.5 Å². The van der Waals surface area contributed by atoms with E-state index in [1.165, 1.54) is 36.6 Å². The van der Waals surface area contributed by atoms with Gasteiger partial charge in [-0.05, 0) is 30.6 Å². The minimum Gasteiger partial charge on any atom is -0.329 e. The minimum atomic E-state index is 0.817. The van der Waals surface area contributed by atoms with Crippen LogP contribution in [-0.4, -0.2) is 14.5 Å². The minimum absolute atomic E-state index is 0.817. The fourth-order valence-electron chi connectivity index (χ4n) is 3.10. The number of imidazole rings is 1. The van der Waals surface area contributed by atoms with Gasteiger partial charge in [0.25, 0.3) is 0 Å². The van der Waals surface area contributed by atoms with Gasteiger partial charge in [0.2, 0.25) is 0 Å². The third-order valence-electron chi connectivity index (χ3n) is 4.49. The highest BCUT2D eigenvalue weighted by Gasteiger charge is 2.18. The third kappa shape index (κ3) is 1.86. The molecule has 0 saturated heterocycles. The Morgan fingerprint density at radius 3 is 2.95 bits per heavy atom. The lowest BCUT2D eigenvalue weighted by Crippen LogP contribution is -2.13. The number of hydrogen-bond donors (Lipinski definition) is 1. The summed E-state index contributed by atoms with van der Waals surface area (Å²) in [7, 11) is 0. The Bertz CT molecular complexity index is 826. The normalized spacial score (nSPS) is 15.8. The van der Waals surface area contributed by atoms with Gasteiger partial charge in [0.1, 0.15) is 0 Å². The van der Waals surface area contributed by atoms with Crippen molar-refractivity contribution >= 4 is 34.2 Å². The highest BCUT2D eigenvalue weighted by atomic mass is 32.1. The monoisotopic (exact) mass is 283 g/mol. The summed E-state index contributed by atoms with van der Waals surface area (Å²) in [6, 6.07) is 8.28. The SMILES string of the molecule is S=c1[nH]c2cnc3ccccc3c2n1CCC1CCC1. The maximum atomic E-state index is 5.50. The van der Waals surface area contributed by atoms with E-state index in [9.17, 15) is 0 Å². The van der Waals surface area contributed by atoms with E-state index in [0.717, 1.165) is 28.3 Å². The van der Waals surface area contributed by atoms with Crippen LogP contribution in [0.1, 0.15) is 25.7 Å². The van der Waals surface area contributed by atoms with Gasteiger partial charge in [-0.25, -0.2) is 0 Å². The number of hydrogen-bond acceptors (Lipinski definition) is 2. The quantitative estimate of drug-likeness (QED) is 0.721. The van der Waals surface area contributed by atoms with Crippen LogP contribution >= 0.6 is 12.2 Å². The van der Waals surface area contributed by atoms with E-state index in [1.807, 2.05) is 12.3 Å². The largest absolute Gasteiger partial charge is 0.329 e. The molecule has 2 aromatic heterocycles. The molecule has 0 unspecified atom stereocenters. The molecule has 0 aliphatic heterocycles. The Morgan fingerprint density at radius 2 is 2.15 bits per heavy atom. The van der Waals surface area contributed by atoms with E-state index in [2.05, 4.69) is 32.7 Å². The molecule has 4 rings (SSSR count). The van der Waals surface area contributed by atoms with Crippen LogP contribution in [0.2, 0.25) is 0 Å². The first kappa shape index (κ1) is 12.1. The molecule has 102 valence electrons. The fourth-order valence-corrected chi connectivity index (χ4v) is 3.39. The van der Waals surface area contributed by atoms with Gasteiger partial charge in [0.05, 0.1) is 22.7 Å². The van der Waals surface area contributed by atoms with Gasteiger partial charge in [0, 0.05) is 11.9 Å². The number of H-pyrrole nitrogens is 1. The molecule has 3 nitrogen and oxygen atoms in total. The molecule has 1 aliphatic carbocycles. The van der Waals surface area contributed by atoms with Crippen molar-refractivity contribution in [3.8, 4) is 0 Å². The Morgan fingerprint density at radius 1 is 1.30 bits per heavy atom. The summed E-state index contributed by atoms with van der Waals surface area (Å²) in [6.07, 6.45) is 7.30. The first-order valence-electron chi connectivity index (χ1n) is 7.29. The summed E-state index contributed by atoms with van der Waals surface area (Å²) < 4.78 is 3.07. The first-order chi connectivity index (χ1) is 9.83. The standard InChI is InChI=1S/C16H17N3S/c20-16-18-14-10-17-13-7-2-1-6-12(13)15(14)19(16)9-8-11-4-3-5-11/h1-2,6-7,10-11H,3-5,8-9H2,(H,18,20). The van der Waals surface area contributed by atoms with Crippen molar-refractivity contribution in [1.82, 2.24) is 14.5 Å². The van der Waals surface area contributed by atoms with E-state index < -0.39 is 0 Å². The predicted octanol–water partition coefficient (Wildman–Crippen LogP) is 4.44. The third-order valence-corrected chi connectivity index (χ3v) is 4.81. The van der Waals surface area contributed by atoms with Gasteiger partial charge in [-0.2, -0.15) is 0 Å². The van der Waals surface area contributed by atoms with Crippen molar-refractivity contribution in [3.63, 3.8) is 0 Å². The summed E-state index contributed by atoms with van der Waals surface area (Å²) in [5, 5.41) is 1.19. The molecular formula is C16H17N3S. The van der Waals surface area contributed by atoms with Crippen LogP contribution in [0, 0.1) is 10.7 Å². The molecule has 20 heavy (non-hydrogen) atoms.